The molecule has 2 aromatic carbocycles. The summed E-state index contributed by atoms with van der Waals surface area (Å²) in [6.07, 6.45) is 6.27. The Hall–Kier alpha value is -1.41. The van der Waals surface area contributed by atoms with E-state index in [4.69, 9.17) is 5.73 Å². The van der Waals surface area contributed by atoms with Crippen LogP contribution < -0.4 is 5.73 Å². The smallest absolute Gasteiger partial charge is 0.131 e. The molecular weight excluding hydrogens is 261 g/mol. The third kappa shape index (κ3) is 2.69. The molecule has 21 heavy (non-hydrogen) atoms. The molecule has 2 N–H and O–H groups in total. The first kappa shape index (κ1) is 14.5. The van der Waals surface area contributed by atoms with Gasteiger partial charge < -0.3 is 5.73 Å². The van der Waals surface area contributed by atoms with E-state index in [9.17, 15) is 4.39 Å². The molecule has 1 saturated carbocycles. The molecule has 0 amide bonds. The zero-order valence-electron chi connectivity index (χ0n) is 12.7. The van der Waals surface area contributed by atoms with Crippen LogP contribution in [0.5, 0.6) is 0 Å². The molecule has 0 bridgehead atoms. The highest BCUT2D eigenvalue weighted by Gasteiger charge is 2.30. The SMILES string of the molecule is CCC1CCCCC1C(N)c1ccc(F)c2ccccc12. The number of hydrogen-bond donors (Lipinski definition) is 1. The molecule has 1 aliphatic rings. The summed E-state index contributed by atoms with van der Waals surface area (Å²) in [6.45, 7) is 2.26. The van der Waals surface area contributed by atoms with Crippen molar-refractivity contribution in [2.24, 2.45) is 17.6 Å². The highest BCUT2D eigenvalue weighted by Crippen LogP contribution is 2.40. The minimum Gasteiger partial charge on any atom is -0.324 e. The van der Waals surface area contributed by atoms with E-state index in [1.807, 2.05) is 30.3 Å². The van der Waals surface area contributed by atoms with Crippen LogP contribution in [0.4, 0.5) is 4.39 Å². The Balaban J connectivity index is 2.01. The lowest BCUT2D eigenvalue weighted by Crippen LogP contribution is -2.30. The van der Waals surface area contributed by atoms with Crippen molar-refractivity contribution >= 4 is 10.8 Å². The fraction of sp³-hybridized carbons (Fsp3) is 0.474. The molecule has 0 spiro atoms. The first-order chi connectivity index (χ1) is 10.2. The summed E-state index contributed by atoms with van der Waals surface area (Å²) in [4.78, 5) is 0. The normalized spacial score (nSPS) is 24.1. The molecular formula is C19H24FN. The van der Waals surface area contributed by atoms with Crippen molar-refractivity contribution in [1.29, 1.82) is 0 Å². The number of hydrogen-bond acceptors (Lipinski definition) is 1. The molecule has 1 fully saturated rings. The van der Waals surface area contributed by atoms with Gasteiger partial charge in [0, 0.05) is 11.4 Å². The lowest BCUT2D eigenvalue weighted by atomic mass is 9.72. The van der Waals surface area contributed by atoms with Crippen LogP contribution in [0.3, 0.4) is 0 Å². The number of benzene rings is 2. The number of nitrogens with two attached hydrogens (primary N) is 1. The van der Waals surface area contributed by atoms with Crippen molar-refractivity contribution in [1.82, 2.24) is 0 Å². The first-order valence-electron chi connectivity index (χ1n) is 8.15. The summed E-state index contributed by atoms with van der Waals surface area (Å²) in [5.41, 5.74) is 7.74. The van der Waals surface area contributed by atoms with Gasteiger partial charge in [-0.25, -0.2) is 4.39 Å². The minimum atomic E-state index is -0.155. The Morgan fingerprint density at radius 2 is 1.81 bits per heavy atom. The lowest BCUT2D eigenvalue weighted by molar-refractivity contribution is 0.197. The Labute approximate surface area is 126 Å². The van der Waals surface area contributed by atoms with Gasteiger partial charge in [-0.1, -0.05) is 62.9 Å². The van der Waals surface area contributed by atoms with E-state index in [1.165, 1.54) is 32.1 Å². The second-order valence-electron chi connectivity index (χ2n) is 6.32. The predicted octanol–water partition coefficient (Wildman–Crippen LogP) is 5.20. The van der Waals surface area contributed by atoms with Crippen LogP contribution >= 0.6 is 0 Å². The van der Waals surface area contributed by atoms with Crippen LogP contribution in [0.2, 0.25) is 0 Å². The largest absolute Gasteiger partial charge is 0.324 e. The van der Waals surface area contributed by atoms with Crippen LogP contribution in [-0.4, -0.2) is 0 Å². The second kappa shape index (κ2) is 6.15. The Morgan fingerprint density at radius 1 is 1.10 bits per heavy atom. The number of fused-ring (bicyclic) bond motifs is 1. The summed E-state index contributed by atoms with van der Waals surface area (Å²) >= 11 is 0. The Kier molecular flexibility index (Phi) is 4.25. The third-order valence-electron chi connectivity index (χ3n) is 5.22. The zero-order chi connectivity index (χ0) is 14.8. The van der Waals surface area contributed by atoms with Crippen LogP contribution in [0.15, 0.2) is 36.4 Å². The topological polar surface area (TPSA) is 26.0 Å². The van der Waals surface area contributed by atoms with Gasteiger partial charge in [-0.15, -0.1) is 0 Å². The van der Waals surface area contributed by atoms with Crippen molar-refractivity contribution in [2.45, 2.75) is 45.1 Å². The summed E-state index contributed by atoms with van der Waals surface area (Å²) in [5.74, 6) is 1.08. The average molecular weight is 285 g/mol. The maximum atomic E-state index is 14.0. The maximum absolute atomic E-state index is 14.0. The van der Waals surface area contributed by atoms with Crippen LogP contribution in [-0.2, 0) is 0 Å². The van der Waals surface area contributed by atoms with Gasteiger partial charge in [0.15, 0.2) is 0 Å². The molecule has 3 rings (SSSR count). The standard InChI is InChI=1S/C19H24FN/c1-2-13-7-3-4-8-14(13)19(21)17-11-12-18(20)16-10-6-5-9-15(16)17/h5-6,9-14,19H,2-4,7-8,21H2,1H3. The van der Waals surface area contributed by atoms with Crippen molar-refractivity contribution in [3.05, 3.63) is 47.8 Å². The molecule has 0 saturated heterocycles. The number of rotatable bonds is 3. The monoisotopic (exact) mass is 285 g/mol. The molecule has 0 radical (unpaired) electrons. The molecule has 0 aromatic heterocycles. The van der Waals surface area contributed by atoms with E-state index in [0.29, 0.717) is 17.2 Å². The van der Waals surface area contributed by atoms with Gasteiger partial charge in [-0.2, -0.15) is 0 Å². The fourth-order valence-corrected chi connectivity index (χ4v) is 4.02. The van der Waals surface area contributed by atoms with E-state index < -0.39 is 0 Å². The fourth-order valence-electron chi connectivity index (χ4n) is 4.02. The van der Waals surface area contributed by atoms with E-state index in [0.717, 1.165) is 10.9 Å². The van der Waals surface area contributed by atoms with Gasteiger partial charge in [0.1, 0.15) is 5.82 Å². The van der Waals surface area contributed by atoms with Gasteiger partial charge in [0.2, 0.25) is 0 Å². The van der Waals surface area contributed by atoms with Gasteiger partial charge in [-0.3, -0.25) is 0 Å². The molecule has 112 valence electrons. The van der Waals surface area contributed by atoms with Crippen molar-refractivity contribution in [2.75, 3.05) is 0 Å². The second-order valence-corrected chi connectivity index (χ2v) is 6.32. The van der Waals surface area contributed by atoms with E-state index in [2.05, 4.69) is 6.92 Å². The Morgan fingerprint density at radius 3 is 2.57 bits per heavy atom. The molecule has 0 heterocycles. The molecule has 1 nitrogen and oxygen atoms in total. The summed E-state index contributed by atoms with van der Waals surface area (Å²) in [6, 6.07) is 11.2. The minimum absolute atomic E-state index is 0.0146. The van der Waals surface area contributed by atoms with Gasteiger partial charge in [0.25, 0.3) is 0 Å². The zero-order valence-corrected chi connectivity index (χ0v) is 12.7. The predicted molar refractivity (Wildman–Crippen MR) is 86.6 cm³/mol. The average Bonchev–Trinajstić information content (AvgIpc) is 2.55. The van der Waals surface area contributed by atoms with E-state index in [-0.39, 0.29) is 11.9 Å². The molecule has 1 aliphatic carbocycles. The Bertz CT molecular complexity index is 622. The van der Waals surface area contributed by atoms with Crippen LogP contribution in [0, 0.1) is 17.7 Å². The van der Waals surface area contributed by atoms with Crippen LogP contribution in [0.1, 0.15) is 50.6 Å². The molecule has 2 aromatic rings. The number of halogens is 1. The van der Waals surface area contributed by atoms with E-state index in [1.54, 1.807) is 6.07 Å². The molecule has 0 aliphatic heterocycles. The third-order valence-corrected chi connectivity index (χ3v) is 5.22. The van der Waals surface area contributed by atoms with Gasteiger partial charge >= 0.3 is 0 Å². The molecule has 3 unspecified atom stereocenters. The molecule has 3 atom stereocenters. The molecule has 2 heteroatoms. The first-order valence-corrected chi connectivity index (χ1v) is 8.15. The lowest BCUT2D eigenvalue weighted by Gasteiger charge is -2.35. The summed E-state index contributed by atoms with van der Waals surface area (Å²) < 4.78 is 14.0. The maximum Gasteiger partial charge on any atom is 0.131 e. The van der Waals surface area contributed by atoms with Gasteiger partial charge in [-0.05, 0) is 35.3 Å². The summed E-state index contributed by atoms with van der Waals surface area (Å²) in [5, 5.41) is 1.67. The van der Waals surface area contributed by atoms with Crippen molar-refractivity contribution < 1.29 is 4.39 Å². The quantitative estimate of drug-likeness (QED) is 0.824. The highest BCUT2D eigenvalue weighted by atomic mass is 19.1. The highest BCUT2D eigenvalue weighted by molar-refractivity contribution is 5.86. The summed E-state index contributed by atoms with van der Waals surface area (Å²) in [7, 11) is 0. The van der Waals surface area contributed by atoms with Gasteiger partial charge in [0.05, 0.1) is 0 Å². The van der Waals surface area contributed by atoms with Crippen molar-refractivity contribution in [3.8, 4) is 0 Å². The van der Waals surface area contributed by atoms with Crippen molar-refractivity contribution in [3.63, 3.8) is 0 Å². The van der Waals surface area contributed by atoms with Crippen LogP contribution in [0.25, 0.3) is 10.8 Å². The van der Waals surface area contributed by atoms with E-state index >= 15 is 0 Å².